The number of benzene rings is 1. The molecule has 2 rings (SSSR count). The van der Waals surface area contributed by atoms with Crippen LogP contribution < -0.4 is 5.73 Å². The molecule has 1 aromatic carbocycles. The van der Waals surface area contributed by atoms with Crippen LogP contribution in [0.25, 0.3) is 11.5 Å². The number of nitrogens with zero attached hydrogens (tertiary/aromatic N) is 2. The maximum Gasteiger partial charge on any atom is 0.253 e. The monoisotopic (exact) mass is 303 g/mol. The van der Waals surface area contributed by atoms with Gasteiger partial charge in [0.25, 0.3) is 5.89 Å². The fourth-order valence-corrected chi connectivity index (χ4v) is 1.73. The van der Waals surface area contributed by atoms with Gasteiger partial charge in [-0.2, -0.15) is 0 Å². The molecule has 90 valence electrons. The third-order valence-electron chi connectivity index (χ3n) is 2.05. The Morgan fingerprint density at radius 1 is 1.24 bits per heavy atom. The maximum atomic E-state index is 13.6. The summed E-state index contributed by atoms with van der Waals surface area (Å²) in [5.74, 6) is -1.46. The molecule has 0 unspecified atom stereocenters. The van der Waals surface area contributed by atoms with Crippen molar-refractivity contribution in [2.75, 3.05) is 6.54 Å². The van der Waals surface area contributed by atoms with Gasteiger partial charge >= 0.3 is 0 Å². The minimum absolute atomic E-state index is 0.184. The van der Waals surface area contributed by atoms with Crippen LogP contribution in [-0.2, 0) is 6.42 Å². The molecule has 0 amide bonds. The summed E-state index contributed by atoms with van der Waals surface area (Å²) in [4.78, 5) is 0. The molecule has 2 aromatic rings. The van der Waals surface area contributed by atoms with Crippen LogP contribution in [0.15, 0.2) is 21.0 Å². The molecule has 0 saturated heterocycles. The molecule has 1 heterocycles. The first-order chi connectivity index (χ1) is 8.11. The van der Waals surface area contributed by atoms with Gasteiger partial charge in [0.05, 0.1) is 0 Å². The predicted octanol–water partition coefficient (Wildman–Crippen LogP) is 2.28. The fraction of sp³-hybridized carbons (Fsp3) is 0.200. The summed E-state index contributed by atoms with van der Waals surface area (Å²) in [6.45, 7) is 0.326. The van der Waals surface area contributed by atoms with Crippen molar-refractivity contribution in [3.05, 3.63) is 34.1 Å². The smallest absolute Gasteiger partial charge is 0.253 e. The fourth-order valence-electron chi connectivity index (χ4n) is 1.33. The van der Waals surface area contributed by atoms with Gasteiger partial charge in [0.2, 0.25) is 5.89 Å². The minimum Gasteiger partial charge on any atom is -0.420 e. The standard InChI is InChI=1S/C10H8BrF2N3O/c11-5-3-6(12)9(7(13)4-5)10-16-15-8(17-10)1-2-14/h3-4H,1-2,14H2. The van der Waals surface area contributed by atoms with Gasteiger partial charge in [-0.25, -0.2) is 8.78 Å². The average Bonchev–Trinajstić information content (AvgIpc) is 2.65. The first-order valence-electron chi connectivity index (χ1n) is 4.79. The second kappa shape index (κ2) is 4.89. The van der Waals surface area contributed by atoms with Crippen molar-refractivity contribution in [2.45, 2.75) is 6.42 Å². The van der Waals surface area contributed by atoms with E-state index in [0.29, 0.717) is 17.4 Å². The largest absolute Gasteiger partial charge is 0.420 e. The van der Waals surface area contributed by atoms with Gasteiger partial charge < -0.3 is 10.2 Å². The molecule has 0 saturated carbocycles. The molecular weight excluding hydrogens is 296 g/mol. The highest BCUT2D eigenvalue weighted by atomic mass is 79.9. The first-order valence-corrected chi connectivity index (χ1v) is 5.58. The van der Waals surface area contributed by atoms with E-state index in [1.54, 1.807) is 0 Å². The summed E-state index contributed by atoms with van der Waals surface area (Å²) in [7, 11) is 0. The number of rotatable bonds is 3. The summed E-state index contributed by atoms with van der Waals surface area (Å²) in [6, 6.07) is 2.26. The zero-order chi connectivity index (χ0) is 12.4. The second-order valence-corrected chi connectivity index (χ2v) is 4.20. The van der Waals surface area contributed by atoms with Crippen molar-refractivity contribution in [3.63, 3.8) is 0 Å². The van der Waals surface area contributed by atoms with E-state index in [-0.39, 0.29) is 17.3 Å². The highest BCUT2D eigenvalue weighted by Gasteiger charge is 2.18. The van der Waals surface area contributed by atoms with Crippen molar-refractivity contribution in [3.8, 4) is 11.5 Å². The van der Waals surface area contributed by atoms with Gasteiger partial charge in [-0.15, -0.1) is 10.2 Å². The zero-order valence-corrected chi connectivity index (χ0v) is 10.2. The van der Waals surface area contributed by atoms with E-state index < -0.39 is 11.6 Å². The molecule has 0 aliphatic carbocycles. The van der Waals surface area contributed by atoms with Crippen molar-refractivity contribution in [1.29, 1.82) is 0 Å². The molecule has 0 aliphatic heterocycles. The number of hydrogen-bond acceptors (Lipinski definition) is 4. The Hall–Kier alpha value is -1.34. The topological polar surface area (TPSA) is 64.9 Å². The first kappa shape index (κ1) is 12.1. The lowest BCUT2D eigenvalue weighted by atomic mass is 10.2. The Bertz CT molecular complexity index is 521. The lowest BCUT2D eigenvalue weighted by molar-refractivity contribution is 0.496. The van der Waals surface area contributed by atoms with Crippen LogP contribution in [0, 0.1) is 11.6 Å². The Labute approximate surface area is 104 Å². The lowest BCUT2D eigenvalue weighted by Crippen LogP contribution is -2.02. The van der Waals surface area contributed by atoms with Crippen LogP contribution in [0.4, 0.5) is 8.78 Å². The number of halogens is 3. The van der Waals surface area contributed by atoms with Gasteiger partial charge in [0.15, 0.2) is 0 Å². The van der Waals surface area contributed by atoms with Crippen molar-refractivity contribution >= 4 is 15.9 Å². The molecule has 0 spiro atoms. The summed E-state index contributed by atoms with van der Waals surface area (Å²) in [6.07, 6.45) is 0.368. The Morgan fingerprint density at radius 3 is 2.47 bits per heavy atom. The van der Waals surface area contributed by atoms with E-state index in [2.05, 4.69) is 26.1 Å². The Balaban J connectivity index is 2.45. The third-order valence-corrected chi connectivity index (χ3v) is 2.50. The predicted molar refractivity (Wildman–Crippen MR) is 60.1 cm³/mol. The van der Waals surface area contributed by atoms with Crippen molar-refractivity contribution in [1.82, 2.24) is 10.2 Å². The number of hydrogen-bond donors (Lipinski definition) is 1. The summed E-state index contributed by atoms with van der Waals surface area (Å²) < 4.78 is 32.6. The Morgan fingerprint density at radius 2 is 1.88 bits per heavy atom. The molecule has 0 radical (unpaired) electrons. The van der Waals surface area contributed by atoms with E-state index in [4.69, 9.17) is 10.2 Å². The molecule has 0 aliphatic rings. The SMILES string of the molecule is NCCc1nnc(-c2c(F)cc(Br)cc2F)o1. The maximum absolute atomic E-state index is 13.6. The second-order valence-electron chi connectivity index (χ2n) is 3.28. The van der Waals surface area contributed by atoms with Crippen LogP contribution in [0.2, 0.25) is 0 Å². The van der Waals surface area contributed by atoms with Crippen molar-refractivity contribution < 1.29 is 13.2 Å². The van der Waals surface area contributed by atoms with Gasteiger partial charge in [0, 0.05) is 17.4 Å². The molecule has 4 nitrogen and oxygen atoms in total. The Kier molecular flexibility index (Phi) is 3.49. The third kappa shape index (κ3) is 2.50. The summed E-state index contributed by atoms with van der Waals surface area (Å²) >= 11 is 2.99. The minimum atomic E-state index is -0.764. The van der Waals surface area contributed by atoms with Crippen LogP contribution in [-0.4, -0.2) is 16.7 Å². The van der Waals surface area contributed by atoms with Crippen molar-refractivity contribution in [2.24, 2.45) is 5.73 Å². The van der Waals surface area contributed by atoms with E-state index in [9.17, 15) is 8.78 Å². The number of nitrogens with two attached hydrogens (primary N) is 1. The van der Waals surface area contributed by atoms with Crippen LogP contribution >= 0.6 is 15.9 Å². The molecule has 7 heteroatoms. The lowest BCUT2D eigenvalue weighted by Gasteiger charge is -2.00. The summed E-state index contributed by atoms with van der Waals surface area (Å²) in [5, 5.41) is 7.23. The molecule has 0 bridgehead atoms. The zero-order valence-electron chi connectivity index (χ0n) is 8.58. The normalized spacial score (nSPS) is 10.8. The highest BCUT2D eigenvalue weighted by Crippen LogP contribution is 2.27. The van der Waals surface area contributed by atoms with Gasteiger partial charge in [-0.05, 0) is 12.1 Å². The van der Waals surface area contributed by atoms with Gasteiger partial charge in [0.1, 0.15) is 17.2 Å². The molecule has 2 N–H and O–H groups in total. The van der Waals surface area contributed by atoms with E-state index >= 15 is 0 Å². The average molecular weight is 304 g/mol. The summed E-state index contributed by atoms with van der Waals surface area (Å²) in [5.41, 5.74) is 4.98. The van der Waals surface area contributed by atoms with E-state index in [1.165, 1.54) is 0 Å². The quantitative estimate of drug-likeness (QED) is 0.945. The van der Waals surface area contributed by atoms with Crippen LogP contribution in [0.3, 0.4) is 0 Å². The van der Waals surface area contributed by atoms with Crippen LogP contribution in [0.1, 0.15) is 5.89 Å². The van der Waals surface area contributed by atoms with Crippen LogP contribution in [0.5, 0.6) is 0 Å². The highest BCUT2D eigenvalue weighted by molar-refractivity contribution is 9.10. The molecule has 17 heavy (non-hydrogen) atoms. The van der Waals surface area contributed by atoms with E-state index in [1.807, 2.05) is 0 Å². The van der Waals surface area contributed by atoms with Gasteiger partial charge in [-0.1, -0.05) is 15.9 Å². The molecule has 0 atom stereocenters. The van der Waals surface area contributed by atoms with Gasteiger partial charge in [-0.3, -0.25) is 0 Å². The van der Waals surface area contributed by atoms with E-state index in [0.717, 1.165) is 12.1 Å². The molecule has 1 aromatic heterocycles. The number of aromatic nitrogens is 2. The molecule has 0 fully saturated rings. The molecular formula is C10H8BrF2N3O.